The molecule has 0 fully saturated rings. The highest BCUT2D eigenvalue weighted by molar-refractivity contribution is 6.22. The molecule has 2 N–H and O–H groups in total. The molecular weight excluding hydrogens is 320 g/mol. The SMILES string of the molecule is CCCN1C(=O)c2ccc(C(=O)Nc3ccc(O)cc3C)cc2C1=O. The molecule has 2 aromatic carbocycles. The fourth-order valence-electron chi connectivity index (χ4n) is 2.84. The molecule has 1 heterocycles. The number of anilines is 1. The molecule has 0 aromatic heterocycles. The number of aryl methyl sites for hydroxylation is 1. The molecule has 0 spiro atoms. The zero-order chi connectivity index (χ0) is 18.1. The first kappa shape index (κ1) is 16.7. The molecule has 0 saturated heterocycles. The number of aromatic hydroxyl groups is 1. The predicted molar refractivity (Wildman–Crippen MR) is 92.9 cm³/mol. The minimum Gasteiger partial charge on any atom is -0.508 e. The first-order chi connectivity index (χ1) is 11.9. The Morgan fingerprint density at radius 2 is 1.80 bits per heavy atom. The zero-order valence-electron chi connectivity index (χ0n) is 14.0. The maximum atomic E-state index is 12.5. The van der Waals surface area contributed by atoms with E-state index in [2.05, 4.69) is 5.32 Å². The van der Waals surface area contributed by atoms with Gasteiger partial charge in [0, 0.05) is 17.8 Å². The third-order valence-corrected chi connectivity index (χ3v) is 4.14. The van der Waals surface area contributed by atoms with Crippen LogP contribution in [0.15, 0.2) is 36.4 Å². The van der Waals surface area contributed by atoms with Crippen molar-refractivity contribution in [2.75, 3.05) is 11.9 Å². The van der Waals surface area contributed by atoms with Crippen LogP contribution in [0.4, 0.5) is 5.69 Å². The number of phenolic OH excluding ortho intramolecular Hbond substituents is 1. The average Bonchev–Trinajstić information content (AvgIpc) is 2.82. The first-order valence-electron chi connectivity index (χ1n) is 8.03. The lowest BCUT2D eigenvalue weighted by Crippen LogP contribution is -2.30. The van der Waals surface area contributed by atoms with Gasteiger partial charge in [-0.2, -0.15) is 0 Å². The Kier molecular flexibility index (Phi) is 4.27. The van der Waals surface area contributed by atoms with E-state index in [-0.39, 0.29) is 29.0 Å². The van der Waals surface area contributed by atoms with Crippen molar-refractivity contribution >= 4 is 23.4 Å². The van der Waals surface area contributed by atoms with Gasteiger partial charge in [-0.15, -0.1) is 0 Å². The van der Waals surface area contributed by atoms with E-state index in [9.17, 15) is 19.5 Å². The van der Waals surface area contributed by atoms with E-state index >= 15 is 0 Å². The predicted octanol–water partition coefficient (Wildman–Crippen LogP) is 2.96. The highest BCUT2D eigenvalue weighted by Crippen LogP contribution is 2.25. The van der Waals surface area contributed by atoms with E-state index in [1.165, 1.54) is 29.2 Å². The largest absolute Gasteiger partial charge is 0.508 e. The van der Waals surface area contributed by atoms with Crippen molar-refractivity contribution < 1.29 is 19.5 Å². The highest BCUT2D eigenvalue weighted by atomic mass is 16.3. The Balaban J connectivity index is 1.87. The van der Waals surface area contributed by atoms with Gasteiger partial charge in [0.1, 0.15) is 5.75 Å². The Hall–Kier alpha value is -3.15. The van der Waals surface area contributed by atoms with Crippen molar-refractivity contribution in [1.29, 1.82) is 0 Å². The van der Waals surface area contributed by atoms with Gasteiger partial charge in [-0.3, -0.25) is 19.3 Å². The van der Waals surface area contributed by atoms with E-state index in [0.29, 0.717) is 29.8 Å². The van der Waals surface area contributed by atoms with Crippen molar-refractivity contribution in [2.24, 2.45) is 0 Å². The van der Waals surface area contributed by atoms with Crippen LogP contribution in [0.3, 0.4) is 0 Å². The lowest BCUT2D eigenvalue weighted by atomic mass is 10.0. The second kappa shape index (κ2) is 6.39. The molecule has 1 aliphatic rings. The fraction of sp³-hybridized carbons (Fsp3) is 0.211. The molecule has 6 heteroatoms. The maximum absolute atomic E-state index is 12.5. The molecule has 128 valence electrons. The van der Waals surface area contributed by atoms with E-state index in [1.54, 1.807) is 19.1 Å². The Bertz CT molecular complexity index is 889. The molecule has 2 aromatic rings. The number of phenols is 1. The molecule has 25 heavy (non-hydrogen) atoms. The van der Waals surface area contributed by atoms with Crippen LogP contribution in [-0.4, -0.2) is 34.3 Å². The molecule has 0 aliphatic carbocycles. The quantitative estimate of drug-likeness (QED) is 0.663. The van der Waals surface area contributed by atoms with E-state index in [1.807, 2.05) is 6.92 Å². The van der Waals surface area contributed by atoms with E-state index in [0.717, 1.165) is 5.56 Å². The van der Waals surface area contributed by atoms with Gasteiger partial charge in [0.05, 0.1) is 11.1 Å². The number of imide groups is 1. The third-order valence-electron chi connectivity index (χ3n) is 4.14. The Labute approximate surface area is 145 Å². The molecule has 1 aliphatic heterocycles. The van der Waals surface area contributed by atoms with Crippen molar-refractivity contribution in [3.05, 3.63) is 58.7 Å². The maximum Gasteiger partial charge on any atom is 0.261 e. The summed E-state index contributed by atoms with van der Waals surface area (Å²) in [6, 6.07) is 9.14. The number of nitrogens with one attached hydrogen (secondary N) is 1. The molecule has 0 atom stereocenters. The normalized spacial score (nSPS) is 13.1. The minimum atomic E-state index is -0.384. The minimum absolute atomic E-state index is 0.119. The summed E-state index contributed by atoms with van der Waals surface area (Å²) >= 11 is 0. The van der Waals surface area contributed by atoms with Gasteiger partial charge < -0.3 is 10.4 Å². The summed E-state index contributed by atoms with van der Waals surface area (Å²) < 4.78 is 0. The summed E-state index contributed by atoms with van der Waals surface area (Å²) in [6.45, 7) is 4.02. The van der Waals surface area contributed by atoms with Crippen LogP contribution < -0.4 is 5.32 Å². The number of amides is 3. The van der Waals surface area contributed by atoms with Crippen molar-refractivity contribution in [3.8, 4) is 5.75 Å². The molecule has 0 bridgehead atoms. The summed E-state index contributed by atoms with van der Waals surface area (Å²) in [5, 5.41) is 12.2. The Morgan fingerprint density at radius 3 is 2.48 bits per heavy atom. The number of nitrogens with zero attached hydrogens (tertiary/aromatic N) is 1. The van der Waals surface area contributed by atoms with Gasteiger partial charge in [0.15, 0.2) is 0 Å². The summed E-state index contributed by atoms with van der Waals surface area (Å²) in [5.74, 6) is -0.945. The zero-order valence-corrected chi connectivity index (χ0v) is 14.0. The summed E-state index contributed by atoms with van der Waals surface area (Å²) in [5.41, 5.74) is 2.17. The van der Waals surface area contributed by atoms with Crippen LogP contribution in [0.25, 0.3) is 0 Å². The number of rotatable bonds is 4. The van der Waals surface area contributed by atoms with Crippen LogP contribution in [0.1, 0.15) is 50.0 Å². The highest BCUT2D eigenvalue weighted by Gasteiger charge is 2.35. The second-order valence-corrected chi connectivity index (χ2v) is 5.98. The second-order valence-electron chi connectivity index (χ2n) is 5.98. The third kappa shape index (κ3) is 2.98. The van der Waals surface area contributed by atoms with Gasteiger partial charge in [-0.05, 0) is 55.3 Å². The van der Waals surface area contributed by atoms with Gasteiger partial charge in [-0.25, -0.2) is 0 Å². The molecule has 3 amide bonds. The summed E-state index contributed by atoms with van der Waals surface area (Å²) in [6.07, 6.45) is 0.680. The smallest absolute Gasteiger partial charge is 0.261 e. The van der Waals surface area contributed by atoms with Crippen LogP contribution in [0, 0.1) is 6.92 Å². The van der Waals surface area contributed by atoms with Crippen molar-refractivity contribution in [1.82, 2.24) is 4.90 Å². The lowest BCUT2D eigenvalue weighted by molar-refractivity contribution is 0.0654. The molecule has 6 nitrogen and oxygen atoms in total. The van der Waals surface area contributed by atoms with Crippen LogP contribution in [0.5, 0.6) is 5.75 Å². The van der Waals surface area contributed by atoms with E-state index < -0.39 is 0 Å². The number of hydrogen-bond acceptors (Lipinski definition) is 4. The van der Waals surface area contributed by atoms with Crippen molar-refractivity contribution in [3.63, 3.8) is 0 Å². The summed E-state index contributed by atoms with van der Waals surface area (Å²) in [4.78, 5) is 38.3. The Morgan fingerprint density at radius 1 is 1.08 bits per heavy atom. The van der Waals surface area contributed by atoms with Gasteiger partial charge >= 0.3 is 0 Å². The number of benzene rings is 2. The summed E-state index contributed by atoms with van der Waals surface area (Å²) in [7, 11) is 0. The standard InChI is InChI=1S/C19H18N2O4/c1-3-8-21-18(24)14-6-4-12(10-15(14)19(21)25)17(23)20-16-7-5-13(22)9-11(16)2/h4-7,9-10,22H,3,8H2,1-2H3,(H,20,23). The van der Waals surface area contributed by atoms with E-state index in [4.69, 9.17) is 0 Å². The van der Waals surface area contributed by atoms with Crippen LogP contribution in [0.2, 0.25) is 0 Å². The number of fused-ring (bicyclic) bond motifs is 1. The monoisotopic (exact) mass is 338 g/mol. The molecule has 0 unspecified atom stereocenters. The number of carbonyl (C=O) groups is 3. The number of carbonyl (C=O) groups excluding carboxylic acids is 3. The van der Waals surface area contributed by atoms with Gasteiger partial charge in [0.2, 0.25) is 0 Å². The van der Waals surface area contributed by atoms with Crippen LogP contribution >= 0.6 is 0 Å². The average molecular weight is 338 g/mol. The van der Waals surface area contributed by atoms with Gasteiger partial charge in [-0.1, -0.05) is 6.92 Å². The van der Waals surface area contributed by atoms with Gasteiger partial charge in [0.25, 0.3) is 17.7 Å². The molecule has 0 radical (unpaired) electrons. The molecular formula is C19H18N2O4. The fourth-order valence-corrected chi connectivity index (χ4v) is 2.84. The molecule has 0 saturated carbocycles. The first-order valence-corrected chi connectivity index (χ1v) is 8.03. The number of hydrogen-bond donors (Lipinski definition) is 2. The topological polar surface area (TPSA) is 86.7 Å². The van der Waals surface area contributed by atoms with Crippen molar-refractivity contribution in [2.45, 2.75) is 20.3 Å². The molecule has 3 rings (SSSR count). The van der Waals surface area contributed by atoms with Crippen LogP contribution in [-0.2, 0) is 0 Å². The lowest BCUT2D eigenvalue weighted by Gasteiger charge is -2.11.